The van der Waals surface area contributed by atoms with Crippen LogP contribution in [0.2, 0.25) is 5.02 Å². The highest BCUT2D eigenvalue weighted by Gasteiger charge is 2.20. The first kappa shape index (κ1) is 27.0. The lowest BCUT2D eigenvalue weighted by molar-refractivity contribution is -0.165. The average Bonchev–Trinajstić information content (AvgIpc) is 2.89. The van der Waals surface area contributed by atoms with Gasteiger partial charge in [0.25, 0.3) is 0 Å². The first-order valence-corrected chi connectivity index (χ1v) is 12.6. The number of hydrogen-bond acceptors (Lipinski definition) is 8. The maximum Gasteiger partial charge on any atom is 0.234 e. The molecule has 3 N–H and O–H groups in total. The van der Waals surface area contributed by atoms with Crippen LogP contribution in [0.25, 0.3) is 10.9 Å². The Labute approximate surface area is 220 Å². The number of nitrogens with zero attached hydrogens (tertiary/aromatic N) is 3. The monoisotopic (exact) mass is 531 g/mol. The lowest BCUT2D eigenvalue weighted by Gasteiger charge is -2.24. The van der Waals surface area contributed by atoms with Gasteiger partial charge in [0.15, 0.2) is 12.1 Å². The van der Waals surface area contributed by atoms with Crippen LogP contribution in [-0.2, 0) is 20.8 Å². The summed E-state index contributed by atoms with van der Waals surface area (Å²) in [5.74, 6) is -0.0213. The fraction of sp³-hybridized carbons (Fsp3) is 0.423. The van der Waals surface area contributed by atoms with Crippen LogP contribution in [0.1, 0.15) is 31.7 Å². The number of amides is 1. The van der Waals surface area contributed by atoms with Crippen molar-refractivity contribution in [3.63, 3.8) is 0 Å². The molecule has 1 amide bonds. The standard InChI is InChI=1S/C26H31ClFN5O4/c1-16(25(29)34)33(2)14-17-12-18-21(13-22(17)35-10-11-37-23-8-3-4-9-36-23)30-15-31-26(18)32-20-7-5-6-19(27)24(20)28/h5-7,12-13,15-16,23H,3-4,8-11,14H2,1-2H3,(H2,29,34)(H,30,31,32)/t16-,23?/m1/s1. The molecule has 37 heavy (non-hydrogen) atoms. The second-order valence-electron chi connectivity index (χ2n) is 8.93. The Balaban J connectivity index is 1.60. The quantitative estimate of drug-likeness (QED) is 0.350. The highest BCUT2D eigenvalue weighted by atomic mass is 35.5. The summed E-state index contributed by atoms with van der Waals surface area (Å²) >= 11 is 5.94. The molecule has 0 radical (unpaired) electrons. The summed E-state index contributed by atoms with van der Waals surface area (Å²) < 4.78 is 32.0. The van der Waals surface area contributed by atoms with Crippen LogP contribution in [0.3, 0.4) is 0 Å². The molecule has 0 spiro atoms. The summed E-state index contributed by atoms with van der Waals surface area (Å²) in [4.78, 5) is 22.3. The lowest BCUT2D eigenvalue weighted by Crippen LogP contribution is -2.39. The molecule has 9 nitrogen and oxygen atoms in total. The van der Waals surface area contributed by atoms with Crippen LogP contribution >= 0.6 is 11.6 Å². The average molecular weight is 532 g/mol. The van der Waals surface area contributed by atoms with Crippen LogP contribution in [0, 0.1) is 5.82 Å². The number of ether oxygens (including phenoxy) is 3. The maximum atomic E-state index is 14.5. The van der Waals surface area contributed by atoms with E-state index in [1.54, 1.807) is 32.2 Å². The van der Waals surface area contributed by atoms with Gasteiger partial charge in [0.1, 0.15) is 24.5 Å². The van der Waals surface area contributed by atoms with Crippen LogP contribution in [0.4, 0.5) is 15.9 Å². The first-order chi connectivity index (χ1) is 17.8. The number of nitrogens with two attached hydrogens (primary N) is 1. The van der Waals surface area contributed by atoms with Gasteiger partial charge in [-0.1, -0.05) is 17.7 Å². The zero-order valence-corrected chi connectivity index (χ0v) is 21.6. The molecular weight excluding hydrogens is 501 g/mol. The van der Waals surface area contributed by atoms with E-state index in [-0.39, 0.29) is 17.0 Å². The molecule has 1 aliphatic heterocycles. The largest absolute Gasteiger partial charge is 0.491 e. The third kappa shape index (κ3) is 6.84. The van der Waals surface area contributed by atoms with Crippen molar-refractivity contribution in [1.29, 1.82) is 0 Å². The molecule has 0 saturated carbocycles. The minimum Gasteiger partial charge on any atom is -0.491 e. The Hall–Kier alpha value is -3.05. The van der Waals surface area contributed by atoms with Crippen molar-refractivity contribution in [1.82, 2.24) is 14.9 Å². The summed E-state index contributed by atoms with van der Waals surface area (Å²) in [6, 6.07) is 7.86. The zero-order valence-electron chi connectivity index (χ0n) is 20.9. The number of primary amides is 1. The van der Waals surface area contributed by atoms with Gasteiger partial charge in [0, 0.05) is 30.2 Å². The molecule has 4 rings (SSSR count). The Morgan fingerprint density at radius 3 is 2.92 bits per heavy atom. The summed E-state index contributed by atoms with van der Waals surface area (Å²) in [7, 11) is 1.80. The summed E-state index contributed by atoms with van der Waals surface area (Å²) in [5, 5.41) is 3.66. The predicted molar refractivity (Wildman–Crippen MR) is 139 cm³/mol. The zero-order chi connectivity index (χ0) is 26.4. The number of carbonyl (C=O) groups is 1. The van der Waals surface area contributed by atoms with E-state index in [4.69, 9.17) is 31.5 Å². The Morgan fingerprint density at radius 1 is 1.32 bits per heavy atom. The van der Waals surface area contributed by atoms with Crippen molar-refractivity contribution in [2.24, 2.45) is 5.73 Å². The molecule has 11 heteroatoms. The van der Waals surface area contributed by atoms with Crippen molar-refractivity contribution < 1.29 is 23.4 Å². The van der Waals surface area contributed by atoms with Crippen molar-refractivity contribution in [2.45, 2.75) is 45.1 Å². The van der Waals surface area contributed by atoms with E-state index < -0.39 is 17.8 Å². The Kier molecular flexibility index (Phi) is 9.09. The highest BCUT2D eigenvalue weighted by molar-refractivity contribution is 6.31. The summed E-state index contributed by atoms with van der Waals surface area (Å²) in [6.45, 7) is 3.47. The number of likely N-dealkylation sites (N-methyl/N-ethyl adjacent to an activating group) is 1. The van der Waals surface area contributed by atoms with Crippen molar-refractivity contribution in [3.8, 4) is 5.75 Å². The molecule has 0 bridgehead atoms. The Bertz CT molecular complexity index is 1240. The van der Waals surface area contributed by atoms with Gasteiger partial charge >= 0.3 is 0 Å². The molecule has 1 unspecified atom stereocenters. The van der Waals surface area contributed by atoms with Gasteiger partial charge in [-0.25, -0.2) is 14.4 Å². The number of fused-ring (bicyclic) bond motifs is 1. The molecule has 1 aliphatic rings. The second kappa shape index (κ2) is 12.5. The van der Waals surface area contributed by atoms with Gasteiger partial charge in [0.05, 0.1) is 28.9 Å². The Morgan fingerprint density at radius 2 is 2.16 bits per heavy atom. The van der Waals surface area contributed by atoms with Gasteiger partial charge in [-0.3, -0.25) is 9.69 Å². The van der Waals surface area contributed by atoms with Crippen LogP contribution < -0.4 is 15.8 Å². The SMILES string of the molecule is C[C@H](C(N)=O)N(C)Cc1cc2c(Nc3cccc(Cl)c3F)ncnc2cc1OCCOC1CCCCO1. The molecule has 198 valence electrons. The van der Waals surface area contributed by atoms with E-state index in [2.05, 4.69) is 15.3 Å². The predicted octanol–water partition coefficient (Wildman–Crippen LogP) is 4.39. The van der Waals surface area contributed by atoms with Gasteiger partial charge in [0.2, 0.25) is 5.91 Å². The van der Waals surface area contributed by atoms with E-state index in [0.717, 1.165) is 24.8 Å². The highest BCUT2D eigenvalue weighted by Crippen LogP contribution is 2.32. The van der Waals surface area contributed by atoms with Gasteiger partial charge < -0.3 is 25.3 Å². The van der Waals surface area contributed by atoms with Gasteiger partial charge in [-0.05, 0) is 51.4 Å². The maximum absolute atomic E-state index is 14.5. The topological polar surface area (TPSA) is 112 Å². The fourth-order valence-corrected chi connectivity index (χ4v) is 4.19. The third-order valence-electron chi connectivity index (χ3n) is 6.30. The van der Waals surface area contributed by atoms with E-state index >= 15 is 0 Å². The fourth-order valence-electron chi connectivity index (χ4n) is 4.01. The number of carbonyl (C=O) groups excluding carboxylic acids is 1. The van der Waals surface area contributed by atoms with Crippen molar-refractivity contribution in [3.05, 3.63) is 53.1 Å². The molecule has 2 atom stereocenters. The normalized spacial score (nSPS) is 16.6. The molecular formula is C26H31ClFN5O4. The van der Waals surface area contributed by atoms with E-state index in [9.17, 15) is 9.18 Å². The second-order valence-corrected chi connectivity index (χ2v) is 9.34. The number of halogens is 2. The molecule has 1 aromatic heterocycles. The van der Waals surface area contributed by atoms with Gasteiger partial charge in [-0.2, -0.15) is 0 Å². The first-order valence-electron chi connectivity index (χ1n) is 12.2. The van der Waals surface area contributed by atoms with E-state index in [0.29, 0.717) is 48.8 Å². The van der Waals surface area contributed by atoms with Crippen molar-refractivity contribution >= 4 is 39.9 Å². The van der Waals surface area contributed by atoms with E-state index in [1.165, 1.54) is 12.4 Å². The third-order valence-corrected chi connectivity index (χ3v) is 6.59. The number of benzene rings is 2. The molecule has 0 aliphatic carbocycles. The molecule has 3 aromatic rings. The lowest BCUT2D eigenvalue weighted by atomic mass is 10.1. The smallest absolute Gasteiger partial charge is 0.234 e. The number of rotatable bonds is 11. The van der Waals surface area contributed by atoms with Gasteiger partial charge in [-0.15, -0.1) is 0 Å². The van der Waals surface area contributed by atoms with E-state index in [1.807, 2.05) is 11.0 Å². The number of anilines is 2. The number of aromatic nitrogens is 2. The number of hydrogen-bond donors (Lipinski definition) is 2. The molecule has 1 saturated heterocycles. The minimum absolute atomic E-state index is 0.00245. The molecule has 1 fully saturated rings. The summed E-state index contributed by atoms with van der Waals surface area (Å²) in [6.07, 6.45) is 4.19. The van der Waals surface area contributed by atoms with Crippen molar-refractivity contribution in [2.75, 3.05) is 32.2 Å². The molecule has 2 heterocycles. The van der Waals surface area contributed by atoms with Crippen LogP contribution in [0.15, 0.2) is 36.7 Å². The summed E-state index contributed by atoms with van der Waals surface area (Å²) in [5.41, 5.74) is 7.08. The molecule has 2 aromatic carbocycles. The van der Waals surface area contributed by atoms with Crippen LogP contribution in [0.5, 0.6) is 5.75 Å². The minimum atomic E-state index is -0.576. The number of nitrogens with one attached hydrogen (secondary N) is 1. The van der Waals surface area contributed by atoms with Crippen LogP contribution in [-0.4, -0.2) is 60.0 Å².